The molecule has 3 atom stereocenters. The monoisotopic (exact) mass is 523 g/mol. The van der Waals surface area contributed by atoms with Crippen molar-refractivity contribution in [2.75, 3.05) is 24.7 Å². The van der Waals surface area contributed by atoms with Crippen LogP contribution in [0.5, 0.6) is 0 Å². The van der Waals surface area contributed by atoms with Crippen molar-refractivity contribution in [2.45, 2.75) is 72.6 Å². The Morgan fingerprint density at radius 2 is 1.61 bits per heavy atom. The Morgan fingerprint density at radius 3 is 2.25 bits per heavy atom. The Morgan fingerprint density at radius 1 is 0.972 bits per heavy atom. The second-order valence-corrected chi connectivity index (χ2v) is 12.5. The molecule has 0 aliphatic carbocycles. The number of ether oxygens (including phenoxy) is 2. The summed E-state index contributed by atoms with van der Waals surface area (Å²) in [5.41, 5.74) is 7.65. The first-order valence-corrected chi connectivity index (χ1v) is 14.8. The number of nitrogens with zero attached hydrogens (tertiary/aromatic N) is 1. The van der Waals surface area contributed by atoms with Gasteiger partial charge >= 0.3 is 0 Å². The van der Waals surface area contributed by atoms with Crippen LogP contribution in [-0.4, -0.2) is 32.1 Å². The molecule has 0 saturated carbocycles. The fraction of sp³-hybridized carbons (Fsp3) is 0.500. The number of carbonyl (C=O) groups is 1. The highest BCUT2D eigenvalue weighted by Gasteiger charge is 2.40. The number of aryl methyl sites for hydroxylation is 2. The molecule has 2 aliphatic heterocycles. The molecule has 3 unspecified atom stereocenters. The van der Waals surface area contributed by atoms with Gasteiger partial charge in [0, 0.05) is 57.2 Å². The van der Waals surface area contributed by atoms with E-state index in [2.05, 4.69) is 64.6 Å². The molecule has 0 N–H and O–H groups in total. The molecule has 0 amide bonds. The van der Waals surface area contributed by atoms with E-state index >= 15 is 0 Å². The van der Waals surface area contributed by atoms with Crippen molar-refractivity contribution in [3.63, 3.8) is 0 Å². The SMILES string of the molecule is CCOC1CCN2c3c1cc(-c1cc(C)c(-c4sc(C=O)cc4C)s1)cc3C(OCC)CC2C(C)C. The van der Waals surface area contributed by atoms with Gasteiger partial charge < -0.3 is 14.4 Å². The first kappa shape index (κ1) is 25.7. The van der Waals surface area contributed by atoms with Gasteiger partial charge in [0.15, 0.2) is 6.29 Å². The van der Waals surface area contributed by atoms with Crippen molar-refractivity contribution in [2.24, 2.45) is 5.92 Å². The molecule has 36 heavy (non-hydrogen) atoms. The minimum absolute atomic E-state index is 0.1000. The summed E-state index contributed by atoms with van der Waals surface area (Å²) in [6.07, 6.45) is 3.21. The third kappa shape index (κ3) is 4.47. The molecule has 2 aromatic heterocycles. The molecule has 3 aromatic rings. The molecule has 0 spiro atoms. The first-order chi connectivity index (χ1) is 17.4. The van der Waals surface area contributed by atoms with Crippen LogP contribution in [-0.2, 0) is 9.47 Å². The molecule has 192 valence electrons. The Kier molecular flexibility index (Phi) is 7.42. The van der Waals surface area contributed by atoms with Crippen LogP contribution in [0.1, 0.15) is 84.7 Å². The lowest BCUT2D eigenvalue weighted by Crippen LogP contribution is -2.47. The van der Waals surface area contributed by atoms with E-state index in [1.165, 1.54) is 48.1 Å². The maximum atomic E-state index is 11.4. The van der Waals surface area contributed by atoms with Crippen LogP contribution in [0.4, 0.5) is 5.69 Å². The zero-order valence-electron chi connectivity index (χ0n) is 22.2. The number of aldehydes is 1. The second-order valence-electron chi connectivity index (χ2n) is 10.3. The molecule has 1 aromatic carbocycles. The van der Waals surface area contributed by atoms with Gasteiger partial charge in [-0.05, 0) is 87.4 Å². The first-order valence-electron chi connectivity index (χ1n) is 13.2. The number of hydrogen-bond donors (Lipinski definition) is 0. The molecule has 0 radical (unpaired) electrons. The Bertz CT molecular complexity index is 1240. The number of anilines is 1. The summed E-state index contributed by atoms with van der Waals surface area (Å²) >= 11 is 3.41. The molecule has 5 rings (SSSR count). The van der Waals surface area contributed by atoms with Crippen molar-refractivity contribution in [1.29, 1.82) is 0 Å². The fourth-order valence-corrected chi connectivity index (χ4v) is 8.39. The number of benzene rings is 1. The summed E-state index contributed by atoms with van der Waals surface area (Å²) in [6, 6.07) is 9.54. The number of rotatable bonds is 8. The zero-order valence-corrected chi connectivity index (χ0v) is 23.9. The minimum Gasteiger partial charge on any atom is -0.374 e. The van der Waals surface area contributed by atoms with E-state index in [-0.39, 0.29) is 12.2 Å². The van der Waals surface area contributed by atoms with E-state index in [1.54, 1.807) is 11.3 Å². The lowest BCUT2D eigenvalue weighted by molar-refractivity contribution is 0.0329. The van der Waals surface area contributed by atoms with Gasteiger partial charge in [0.25, 0.3) is 0 Å². The molecule has 2 aliphatic rings. The van der Waals surface area contributed by atoms with E-state index in [9.17, 15) is 4.79 Å². The third-order valence-electron chi connectivity index (χ3n) is 7.60. The number of hydrogen-bond acceptors (Lipinski definition) is 6. The summed E-state index contributed by atoms with van der Waals surface area (Å²) in [6.45, 7) is 15.6. The lowest BCUT2D eigenvalue weighted by atomic mass is 9.81. The molecule has 4 heterocycles. The molecular formula is C30H37NO3S2. The molecule has 6 heteroatoms. The largest absolute Gasteiger partial charge is 0.374 e. The maximum Gasteiger partial charge on any atom is 0.160 e. The highest BCUT2D eigenvalue weighted by molar-refractivity contribution is 7.24. The molecule has 0 bridgehead atoms. The van der Waals surface area contributed by atoms with Crippen molar-refractivity contribution in [3.05, 3.63) is 51.4 Å². The predicted molar refractivity (Wildman–Crippen MR) is 152 cm³/mol. The van der Waals surface area contributed by atoms with Gasteiger partial charge in [-0.3, -0.25) is 4.79 Å². The van der Waals surface area contributed by atoms with Crippen LogP contribution in [0.15, 0.2) is 24.3 Å². The van der Waals surface area contributed by atoms with E-state index in [4.69, 9.17) is 9.47 Å². The van der Waals surface area contributed by atoms with Gasteiger partial charge in [-0.25, -0.2) is 0 Å². The van der Waals surface area contributed by atoms with Gasteiger partial charge in [0.2, 0.25) is 0 Å². The summed E-state index contributed by atoms with van der Waals surface area (Å²) < 4.78 is 12.7. The van der Waals surface area contributed by atoms with Gasteiger partial charge in [0.1, 0.15) is 0 Å². The smallest absolute Gasteiger partial charge is 0.160 e. The van der Waals surface area contributed by atoms with Crippen LogP contribution in [0.2, 0.25) is 0 Å². The van der Waals surface area contributed by atoms with Gasteiger partial charge in [0.05, 0.1) is 17.1 Å². The van der Waals surface area contributed by atoms with Gasteiger partial charge in [-0.1, -0.05) is 13.8 Å². The minimum atomic E-state index is 0.1000. The highest BCUT2D eigenvalue weighted by Crippen LogP contribution is 2.51. The Hall–Kier alpha value is -1.99. The van der Waals surface area contributed by atoms with Crippen molar-refractivity contribution >= 4 is 34.6 Å². The fourth-order valence-electron chi connectivity index (χ4n) is 5.98. The summed E-state index contributed by atoms with van der Waals surface area (Å²) in [5.74, 6) is 0.560. The average molecular weight is 524 g/mol. The Labute approximate surface area is 223 Å². The van der Waals surface area contributed by atoms with E-state index < -0.39 is 0 Å². The van der Waals surface area contributed by atoms with E-state index in [0.717, 1.165) is 30.5 Å². The summed E-state index contributed by atoms with van der Waals surface area (Å²) in [7, 11) is 0. The topological polar surface area (TPSA) is 38.8 Å². The normalized spacial score (nSPS) is 21.2. The van der Waals surface area contributed by atoms with Crippen LogP contribution >= 0.6 is 22.7 Å². The highest BCUT2D eigenvalue weighted by atomic mass is 32.1. The quantitative estimate of drug-likeness (QED) is 0.278. The van der Waals surface area contributed by atoms with Crippen molar-refractivity contribution in [3.8, 4) is 20.2 Å². The zero-order chi connectivity index (χ0) is 25.6. The number of thiophene rings is 2. The maximum absolute atomic E-state index is 11.4. The van der Waals surface area contributed by atoms with Gasteiger partial charge in [-0.2, -0.15) is 0 Å². The molecule has 4 nitrogen and oxygen atoms in total. The standard InChI is InChI=1S/C30H37NO3S2/c1-7-33-25-9-10-31-24(17(3)4)15-26(34-8-2)23-14-20(13-22(25)28(23)31)27-12-19(6)30(36-27)29-18(5)11-21(16-32)35-29/h11-14,16-17,24-26H,7-10,15H2,1-6H3. The van der Waals surface area contributed by atoms with E-state index in [1.807, 2.05) is 17.4 Å². The van der Waals surface area contributed by atoms with Crippen LogP contribution in [0.3, 0.4) is 0 Å². The average Bonchev–Trinajstić information content (AvgIpc) is 3.43. The van der Waals surface area contributed by atoms with Crippen LogP contribution in [0.25, 0.3) is 20.2 Å². The Balaban J connectivity index is 1.66. The molecule has 0 fully saturated rings. The summed E-state index contributed by atoms with van der Waals surface area (Å²) in [4.78, 5) is 18.5. The summed E-state index contributed by atoms with van der Waals surface area (Å²) in [5, 5.41) is 0. The number of carbonyl (C=O) groups excluding carboxylic acids is 1. The lowest BCUT2D eigenvalue weighted by Gasteiger charge is -2.48. The van der Waals surface area contributed by atoms with Crippen molar-refractivity contribution < 1.29 is 14.3 Å². The second kappa shape index (κ2) is 10.4. The predicted octanol–water partition coefficient (Wildman–Crippen LogP) is 8.37. The van der Waals surface area contributed by atoms with E-state index in [0.29, 0.717) is 25.2 Å². The van der Waals surface area contributed by atoms with Crippen LogP contribution < -0.4 is 4.90 Å². The van der Waals surface area contributed by atoms with Crippen molar-refractivity contribution in [1.82, 2.24) is 0 Å². The molecular weight excluding hydrogens is 486 g/mol. The third-order valence-corrected chi connectivity index (χ3v) is 10.2. The van der Waals surface area contributed by atoms with Gasteiger partial charge in [-0.15, -0.1) is 22.7 Å². The molecule has 0 saturated heterocycles. The van der Waals surface area contributed by atoms with Crippen LogP contribution in [0, 0.1) is 19.8 Å².